The highest BCUT2D eigenvalue weighted by Gasteiger charge is 2.06. The fourth-order valence-corrected chi connectivity index (χ4v) is 1.97. The molecule has 0 radical (unpaired) electrons. The van der Waals surface area contributed by atoms with Crippen molar-refractivity contribution in [1.82, 2.24) is 4.98 Å². The van der Waals surface area contributed by atoms with E-state index < -0.39 is 12.5 Å². The van der Waals surface area contributed by atoms with E-state index in [9.17, 15) is 4.79 Å². The van der Waals surface area contributed by atoms with Crippen LogP contribution in [0.3, 0.4) is 0 Å². The molecule has 0 atom stereocenters. The van der Waals surface area contributed by atoms with Crippen molar-refractivity contribution < 1.29 is 9.90 Å². The third-order valence-corrected chi connectivity index (χ3v) is 2.72. The smallest absolute Gasteiger partial charge is 0.251 e. The van der Waals surface area contributed by atoms with E-state index in [1.807, 2.05) is 35.7 Å². The van der Waals surface area contributed by atoms with Crippen LogP contribution in [0.4, 0.5) is 5.13 Å². The first-order valence-electron chi connectivity index (χ1n) is 4.71. The highest BCUT2D eigenvalue weighted by atomic mass is 32.1. The van der Waals surface area contributed by atoms with Gasteiger partial charge in [-0.3, -0.25) is 10.1 Å². The van der Waals surface area contributed by atoms with E-state index in [-0.39, 0.29) is 0 Å². The number of nitrogens with one attached hydrogen (secondary N) is 1. The number of thiazole rings is 1. The number of benzene rings is 1. The van der Waals surface area contributed by atoms with Gasteiger partial charge in [-0.2, -0.15) is 0 Å². The van der Waals surface area contributed by atoms with Gasteiger partial charge in [-0.1, -0.05) is 30.3 Å². The van der Waals surface area contributed by atoms with E-state index >= 15 is 0 Å². The Hall–Kier alpha value is -1.72. The molecule has 5 heteroatoms. The lowest BCUT2D eigenvalue weighted by atomic mass is 10.2. The maximum absolute atomic E-state index is 10.9. The number of hydrogen-bond donors (Lipinski definition) is 2. The normalized spacial score (nSPS) is 10.1. The molecular weight excluding hydrogens is 224 g/mol. The third kappa shape index (κ3) is 2.44. The topological polar surface area (TPSA) is 62.2 Å². The van der Waals surface area contributed by atoms with Crippen molar-refractivity contribution in [3.63, 3.8) is 0 Å². The van der Waals surface area contributed by atoms with Crippen LogP contribution in [0.25, 0.3) is 11.3 Å². The summed E-state index contributed by atoms with van der Waals surface area (Å²) in [7, 11) is 0. The first-order valence-corrected chi connectivity index (χ1v) is 5.59. The van der Waals surface area contributed by atoms with E-state index in [0.29, 0.717) is 5.13 Å². The number of amides is 1. The van der Waals surface area contributed by atoms with Crippen LogP contribution in [0.1, 0.15) is 0 Å². The van der Waals surface area contributed by atoms with Crippen LogP contribution in [0.15, 0.2) is 35.7 Å². The Bertz CT molecular complexity index is 482. The van der Waals surface area contributed by atoms with Crippen LogP contribution >= 0.6 is 11.3 Å². The molecule has 0 aliphatic rings. The summed E-state index contributed by atoms with van der Waals surface area (Å²) in [4.78, 5) is 15.2. The summed E-state index contributed by atoms with van der Waals surface area (Å²) >= 11 is 1.33. The van der Waals surface area contributed by atoms with Gasteiger partial charge in [0, 0.05) is 10.9 Å². The van der Waals surface area contributed by atoms with Gasteiger partial charge in [0.2, 0.25) is 0 Å². The minimum absolute atomic E-state index is 0.450. The fourth-order valence-electron chi connectivity index (χ4n) is 1.23. The molecule has 2 N–H and O–H groups in total. The second-order valence-electron chi connectivity index (χ2n) is 3.11. The van der Waals surface area contributed by atoms with Gasteiger partial charge in [0.05, 0.1) is 5.69 Å². The average Bonchev–Trinajstić information content (AvgIpc) is 2.78. The highest BCUT2D eigenvalue weighted by molar-refractivity contribution is 7.14. The monoisotopic (exact) mass is 234 g/mol. The van der Waals surface area contributed by atoms with Gasteiger partial charge in [0.1, 0.15) is 6.61 Å². The standard InChI is InChI=1S/C11H10N2O2S/c14-6-10(15)13-11-12-9(7-16-11)8-4-2-1-3-5-8/h1-5,7,14H,6H2,(H,12,13,15). The average molecular weight is 234 g/mol. The Balaban J connectivity index is 2.17. The van der Waals surface area contributed by atoms with Crippen LogP contribution in [0, 0.1) is 0 Å². The first kappa shape index (κ1) is 10.8. The molecule has 0 saturated heterocycles. The predicted molar refractivity (Wildman–Crippen MR) is 63.3 cm³/mol. The van der Waals surface area contributed by atoms with E-state index in [4.69, 9.17) is 5.11 Å². The molecular formula is C11H10N2O2S. The number of carbonyl (C=O) groups is 1. The second-order valence-corrected chi connectivity index (χ2v) is 3.97. The summed E-state index contributed by atoms with van der Waals surface area (Å²) < 4.78 is 0. The fraction of sp³-hybridized carbons (Fsp3) is 0.0909. The molecule has 2 aromatic rings. The van der Waals surface area contributed by atoms with Crippen LogP contribution in [-0.2, 0) is 4.79 Å². The molecule has 16 heavy (non-hydrogen) atoms. The number of aromatic nitrogens is 1. The van der Waals surface area contributed by atoms with Crippen LogP contribution < -0.4 is 5.32 Å². The number of aliphatic hydroxyl groups is 1. The maximum Gasteiger partial charge on any atom is 0.251 e. The van der Waals surface area contributed by atoms with Crippen molar-refractivity contribution in [3.05, 3.63) is 35.7 Å². The van der Waals surface area contributed by atoms with Gasteiger partial charge in [-0.05, 0) is 0 Å². The van der Waals surface area contributed by atoms with Crippen LogP contribution in [-0.4, -0.2) is 22.6 Å². The van der Waals surface area contributed by atoms with Crippen LogP contribution in [0.5, 0.6) is 0 Å². The Labute approximate surface area is 96.6 Å². The number of hydrogen-bond acceptors (Lipinski definition) is 4. The predicted octanol–water partition coefficient (Wildman–Crippen LogP) is 1.74. The van der Waals surface area contributed by atoms with Crippen LogP contribution in [0.2, 0.25) is 0 Å². The third-order valence-electron chi connectivity index (χ3n) is 1.96. The Morgan fingerprint density at radius 2 is 2.12 bits per heavy atom. The van der Waals surface area contributed by atoms with Gasteiger partial charge in [-0.15, -0.1) is 11.3 Å². The minimum Gasteiger partial charge on any atom is -0.387 e. The van der Waals surface area contributed by atoms with Gasteiger partial charge in [-0.25, -0.2) is 4.98 Å². The molecule has 4 nitrogen and oxygen atoms in total. The molecule has 0 bridgehead atoms. The molecule has 0 spiro atoms. The summed E-state index contributed by atoms with van der Waals surface area (Å²) in [5.74, 6) is -0.450. The SMILES string of the molecule is O=C(CO)Nc1nc(-c2ccccc2)cs1. The lowest BCUT2D eigenvalue weighted by Crippen LogP contribution is -2.15. The molecule has 0 aliphatic carbocycles. The Morgan fingerprint density at radius 3 is 2.81 bits per heavy atom. The van der Waals surface area contributed by atoms with Gasteiger partial charge < -0.3 is 5.11 Å². The zero-order valence-corrected chi connectivity index (χ0v) is 9.20. The number of anilines is 1. The molecule has 0 aliphatic heterocycles. The minimum atomic E-state index is -0.528. The lowest BCUT2D eigenvalue weighted by Gasteiger charge is -1.96. The summed E-state index contributed by atoms with van der Waals surface area (Å²) in [5.41, 5.74) is 1.82. The molecule has 0 fully saturated rings. The van der Waals surface area contributed by atoms with Crippen molar-refractivity contribution in [2.24, 2.45) is 0 Å². The van der Waals surface area contributed by atoms with Gasteiger partial charge in [0.15, 0.2) is 5.13 Å². The van der Waals surface area contributed by atoms with Crippen molar-refractivity contribution >= 4 is 22.4 Å². The molecule has 1 amide bonds. The molecule has 1 aromatic heterocycles. The quantitative estimate of drug-likeness (QED) is 0.850. The molecule has 0 saturated carbocycles. The first-order chi connectivity index (χ1) is 7.79. The van der Waals surface area contributed by atoms with Gasteiger partial charge in [0.25, 0.3) is 5.91 Å². The number of aliphatic hydroxyl groups excluding tert-OH is 1. The van der Waals surface area contributed by atoms with Crippen molar-refractivity contribution in [2.75, 3.05) is 11.9 Å². The number of carbonyl (C=O) groups excluding carboxylic acids is 1. The lowest BCUT2D eigenvalue weighted by molar-refractivity contribution is -0.118. The highest BCUT2D eigenvalue weighted by Crippen LogP contribution is 2.24. The van der Waals surface area contributed by atoms with Gasteiger partial charge >= 0.3 is 0 Å². The molecule has 2 rings (SSSR count). The van der Waals surface area contributed by atoms with E-state index in [0.717, 1.165) is 11.3 Å². The Kier molecular flexibility index (Phi) is 3.28. The molecule has 1 aromatic carbocycles. The maximum atomic E-state index is 10.9. The summed E-state index contributed by atoms with van der Waals surface area (Å²) in [6, 6.07) is 9.70. The zero-order chi connectivity index (χ0) is 11.4. The molecule has 1 heterocycles. The van der Waals surface area contributed by atoms with Crippen molar-refractivity contribution in [1.29, 1.82) is 0 Å². The number of nitrogens with zero attached hydrogens (tertiary/aromatic N) is 1. The Morgan fingerprint density at radius 1 is 1.38 bits per heavy atom. The summed E-state index contributed by atoms with van der Waals surface area (Å²) in [6.45, 7) is -0.528. The zero-order valence-electron chi connectivity index (χ0n) is 8.38. The largest absolute Gasteiger partial charge is 0.387 e. The van der Waals surface area contributed by atoms with Crippen molar-refractivity contribution in [3.8, 4) is 11.3 Å². The summed E-state index contributed by atoms with van der Waals surface area (Å²) in [5, 5.41) is 13.4. The molecule has 82 valence electrons. The van der Waals surface area contributed by atoms with E-state index in [2.05, 4.69) is 10.3 Å². The second kappa shape index (κ2) is 4.87. The molecule has 0 unspecified atom stereocenters. The number of rotatable bonds is 3. The van der Waals surface area contributed by atoms with E-state index in [1.165, 1.54) is 11.3 Å². The summed E-state index contributed by atoms with van der Waals surface area (Å²) in [6.07, 6.45) is 0. The van der Waals surface area contributed by atoms with E-state index in [1.54, 1.807) is 0 Å². The van der Waals surface area contributed by atoms with Crippen molar-refractivity contribution in [2.45, 2.75) is 0 Å².